The third-order valence-corrected chi connectivity index (χ3v) is 6.45. The maximum absolute atomic E-state index is 12.4. The van der Waals surface area contributed by atoms with Crippen molar-refractivity contribution in [2.24, 2.45) is 11.8 Å². The second-order valence-corrected chi connectivity index (χ2v) is 9.53. The molecule has 5 nitrogen and oxygen atoms in total. The molecule has 0 aliphatic carbocycles. The highest BCUT2D eigenvalue weighted by Gasteiger charge is 2.25. The molecule has 28 heavy (non-hydrogen) atoms. The largest absolute Gasteiger partial charge is 0.341 e. The van der Waals surface area contributed by atoms with Gasteiger partial charge in [-0.15, -0.1) is 23.1 Å². The summed E-state index contributed by atoms with van der Waals surface area (Å²) in [6, 6.07) is 8.15. The Morgan fingerprint density at radius 1 is 1.18 bits per heavy atom. The van der Waals surface area contributed by atoms with Crippen LogP contribution < -0.4 is 5.32 Å². The van der Waals surface area contributed by atoms with Gasteiger partial charge >= 0.3 is 0 Å². The average Bonchev–Trinajstić information content (AvgIpc) is 3.09. The minimum atomic E-state index is -0.122. The van der Waals surface area contributed by atoms with Gasteiger partial charge in [0.15, 0.2) is 5.13 Å². The lowest BCUT2D eigenvalue weighted by atomic mass is 9.92. The number of nitrogens with zero attached hydrogens (tertiary/aromatic N) is 2. The summed E-state index contributed by atoms with van der Waals surface area (Å²) in [5.74, 6) is 1.71. The number of piperidine rings is 1. The molecular weight excluding hydrogens is 390 g/mol. The number of rotatable bonds is 6. The lowest BCUT2D eigenvalue weighted by Crippen LogP contribution is -2.43. The van der Waals surface area contributed by atoms with E-state index in [1.807, 2.05) is 41.5 Å². The lowest BCUT2D eigenvalue weighted by molar-refractivity contribution is -0.130. The Morgan fingerprint density at radius 2 is 1.86 bits per heavy atom. The molecule has 3 rings (SSSR count). The average molecular weight is 418 g/mol. The molecule has 1 fully saturated rings. The van der Waals surface area contributed by atoms with Crippen molar-refractivity contribution in [2.75, 3.05) is 29.9 Å². The molecule has 0 saturated carbocycles. The van der Waals surface area contributed by atoms with Gasteiger partial charge in [-0.05, 0) is 25.2 Å². The highest BCUT2D eigenvalue weighted by Crippen LogP contribution is 2.25. The smallest absolute Gasteiger partial charge is 0.236 e. The highest BCUT2D eigenvalue weighted by atomic mass is 32.2. The zero-order valence-electron chi connectivity index (χ0n) is 16.6. The first-order valence-corrected chi connectivity index (χ1v) is 11.6. The van der Waals surface area contributed by atoms with E-state index >= 15 is 0 Å². The summed E-state index contributed by atoms with van der Waals surface area (Å²) in [4.78, 5) is 31.0. The van der Waals surface area contributed by atoms with Crippen molar-refractivity contribution in [1.29, 1.82) is 0 Å². The number of carbonyl (C=O) groups excluding carboxylic acids is 2. The Bertz CT molecular complexity index is 809. The number of nitrogens with one attached hydrogen (secondary N) is 1. The van der Waals surface area contributed by atoms with Gasteiger partial charge in [-0.25, -0.2) is 4.98 Å². The van der Waals surface area contributed by atoms with Crippen molar-refractivity contribution in [1.82, 2.24) is 9.88 Å². The summed E-state index contributed by atoms with van der Waals surface area (Å²) in [6.45, 7) is 8.09. The fourth-order valence-electron chi connectivity index (χ4n) is 3.53. The van der Waals surface area contributed by atoms with Crippen LogP contribution in [0.1, 0.15) is 25.8 Å². The zero-order valence-corrected chi connectivity index (χ0v) is 18.2. The summed E-state index contributed by atoms with van der Waals surface area (Å²) >= 11 is 2.78. The molecule has 0 bridgehead atoms. The van der Waals surface area contributed by atoms with E-state index in [9.17, 15) is 9.59 Å². The van der Waals surface area contributed by atoms with Crippen LogP contribution in [0.15, 0.2) is 29.6 Å². The third-order valence-electron chi connectivity index (χ3n) is 4.78. The molecule has 0 spiro atoms. The number of hydrogen-bond acceptors (Lipinski definition) is 5. The minimum Gasteiger partial charge on any atom is -0.341 e. The number of thiazole rings is 1. The number of anilines is 1. The molecule has 7 heteroatoms. The first-order chi connectivity index (χ1) is 13.4. The van der Waals surface area contributed by atoms with Crippen LogP contribution in [-0.4, -0.2) is 46.3 Å². The quantitative estimate of drug-likeness (QED) is 0.761. The van der Waals surface area contributed by atoms with Crippen LogP contribution in [-0.2, 0) is 9.59 Å². The van der Waals surface area contributed by atoms with Gasteiger partial charge in [0.25, 0.3) is 0 Å². The first-order valence-electron chi connectivity index (χ1n) is 9.58. The number of carbonyl (C=O) groups is 2. The van der Waals surface area contributed by atoms with Crippen LogP contribution in [0.25, 0.3) is 11.3 Å². The van der Waals surface area contributed by atoms with E-state index in [1.165, 1.54) is 35.1 Å². The fraction of sp³-hybridized carbons (Fsp3) is 0.476. The van der Waals surface area contributed by atoms with E-state index in [0.29, 0.717) is 22.7 Å². The Labute approximate surface area is 174 Å². The summed E-state index contributed by atoms with van der Waals surface area (Å²) in [5.41, 5.74) is 3.09. The standard InChI is InChI=1S/C21H27N3O2S2/c1-14-4-6-17(7-5-14)18-11-28-21(22-18)23-19(25)12-27-13-20(26)24-9-15(2)8-16(3)10-24/h4-7,11,15-16H,8-10,12-13H2,1-3H3,(H,22,23,25)/t15-,16+. The molecule has 0 unspecified atom stereocenters. The first kappa shape index (κ1) is 20.9. The van der Waals surface area contributed by atoms with Crippen molar-refractivity contribution in [3.63, 3.8) is 0 Å². The zero-order chi connectivity index (χ0) is 20.1. The van der Waals surface area contributed by atoms with Gasteiger partial charge < -0.3 is 10.2 Å². The van der Waals surface area contributed by atoms with E-state index in [4.69, 9.17) is 0 Å². The van der Waals surface area contributed by atoms with Crippen LogP contribution in [0.5, 0.6) is 0 Å². The summed E-state index contributed by atoms with van der Waals surface area (Å²) in [5, 5.41) is 5.36. The van der Waals surface area contributed by atoms with Gasteiger partial charge in [0.1, 0.15) is 0 Å². The molecule has 150 valence electrons. The Hall–Kier alpha value is -1.86. The summed E-state index contributed by atoms with van der Waals surface area (Å²) in [6.07, 6.45) is 1.18. The fourth-order valence-corrected chi connectivity index (χ4v) is 4.98. The summed E-state index contributed by atoms with van der Waals surface area (Å²) in [7, 11) is 0. The van der Waals surface area contributed by atoms with Gasteiger partial charge in [-0.1, -0.05) is 43.7 Å². The molecule has 2 amide bonds. The van der Waals surface area contributed by atoms with Gasteiger partial charge in [0, 0.05) is 24.0 Å². The maximum Gasteiger partial charge on any atom is 0.236 e. The molecule has 1 saturated heterocycles. The minimum absolute atomic E-state index is 0.122. The van der Waals surface area contributed by atoms with Gasteiger partial charge in [0.2, 0.25) is 11.8 Å². The van der Waals surface area contributed by atoms with Crippen molar-refractivity contribution in [3.8, 4) is 11.3 Å². The predicted molar refractivity (Wildman–Crippen MR) is 118 cm³/mol. The van der Waals surface area contributed by atoms with Gasteiger partial charge in [-0.2, -0.15) is 0 Å². The molecule has 1 N–H and O–H groups in total. The van der Waals surface area contributed by atoms with Crippen molar-refractivity contribution in [3.05, 3.63) is 35.2 Å². The van der Waals surface area contributed by atoms with Gasteiger partial charge in [0.05, 0.1) is 17.2 Å². The van der Waals surface area contributed by atoms with Crippen molar-refractivity contribution in [2.45, 2.75) is 27.2 Å². The third kappa shape index (κ3) is 5.82. The molecule has 2 atom stereocenters. The number of hydrogen-bond donors (Lipinski definition) is 1. The Kier molecular flexibility index (Phi) is 7.13. The lowest BCUT2D eigenvalue weighted by Gasteiger charge is -2.35. The number of aromatic nitrogens is 1. The monoisotopic (exact) mass is 417 g/mol. The normalized spacial score (nSPS) is 19.5. The SMILES string of the molecule is Cc1ccc(-c2csc(NC(=O)CSCC(=O)N3C[C@H](C)C[C@H](C)C3)n2)cc1. The molecule has 0 radical (unpaired) electrons. The molecule has 2 aromatic rings. The summed E-state index contributed by atoms with van der Waals surface area (Å²) < 4.78 is 0. The van der Waals surface area contributed by atoms with Crippen LogP contribution in [0.3, 0.4) is 0 Å². The van der Waals surface area contributed by atoms with Crippen LogP contribution >= 0.6 is 23.1 Å². The second-order valence-electron chi connectivity index (χ2n) is 7.69. The number of aryl methyl sites for hydroxylation is 1. The molecule has 1 aliphatic rings. The number of thioether (sulfide) groups is 1. The van der Waals surface area contributed by atoms with Crippen LogP contribution in [0.2, 0.25) is 0 Å². The van der Waals surface area contributed by atoms with E-state index < -0.39 is 0 Å². The number of benzene rings is 1. The van der Waals surface area contributed by atoms with Crippen molar-refractivity contribution < 1.29 is 9.59 Å². The maximum atomic E-state index is 12.4. The Morgan fingerprint density at radius 3 is 2.54 bits per heavy atom. The van der Waals surface area contributed by atoms with Crippen LogP contribution in [0.4, 0.5) is 5.13 Å². The molecule has 1 aliphatic heterocycles. The van der Waals surface area contributed by atoms with Gasteiger partial charge in [-0.3, -0.25) is 9.59 Å². The van der Waals surface area contributed by atoms with Crippen LogP contribution in [0, 0.1) is 18.8 Å². The molecule has 1 aromatic heterocycles. The highest BCUT2D eigenvalue weighted by molar-refractivity contribution is 8.00. The van der Waals surface area contributed by atoms with Crippen molar-refractivity contribution >= 4 is 40.0 Å². The second kappa shape index (κ2) is 9.56. The molecular formula is C21H27N3O2S2. The predicted octanol–water partition coefficient (Wildman–Crippen LogP) is 4.29. The molecule has 1 aromatic carbocycles. The topological polar surface area (TPSA) is 62.3 Å². The van der Waals surface area contributed by atoms with E-state index in [-0.39, 0.29) is 17.6 Å². The van der Waals surface area contributed by atoms with E-state index in [2.05, 4.69) is 24.1 Å². The molecule has 2 heterocycles. The number of likely N-dealkylation sites (tertiary alicyclic amines) is 1. The Balaban J connectivity index is 1.43. The van der Waals surface area contributed by atoms with E-state index in [1.54, 1.807) is 0 Å². The number of amides is 2. The van der Waals surface area contributed by atoms with E-state index in [0.717, 1.165) is 24.3 Å².